The fourth-order valence-corrected chi connectivity index (χ4v) is 3.25. The average molecular weight is 338 g/mol. The summed E-state index contributed by atoms with van der Waals surface area (Å²) in [6.45, 7) is 8.31. The first-order valence-electron chi connectivity index (χ1n) is 8.90. The van der Waals surface area contributed by atoms with E-state index in [1.54, 1.807) is 6.07 Å². The van der Waals surface area contributed by atoms with Crippen LogP contribution in [0.3, 0.4) is 0 Å². The third-order valence-corrected chi connectivity index (χ3v) is 4.69. The van der Waals surface area contributed by atoms with Crippen LogP contribution >= 0.6 is 0 Å². The molecule has 0 saturated carbocycles. The summed E-state index contributed by atoms with van der Waals surface area (Å²) < 4.78 is 1.20. The second-order valence-corrected chi connectivity index (χ2v) is 6.22. The molecule has 0 unspecified atom stereocenters. The van der Waals surface area contributed by atoms with Crippen LogP contribution in [0.15, 0.2) is 47.5 Å². The van der Waals surface area contributed by atoms with Gasteiger partial charge >= 0.3 is 0 Å². The third-order valence-electron chi connectivity index (χ3n) is 4.69. The van der Waals surface area contributed by atoms with Gasteiger partial charge in [0.05, 0.1) is 16.4 Å². The number of aromatic nitrogens is 1. The van der Waals surface area contributed by atoms with Crippen molar-refractivity contribution < 1.29 is 5.21 Å². The Bertz CT molecular complexity index is 941. The number of nitrogen functional groups attached to an aromatic ring is 1. The Labute approximate surface area is 148 Å². The van der Waals surface area contributed by atoms with Crippen LogP contribution < -0.4 is 11.1 Å². The van der Waals surface area contributed by atoms with E-state index in [1.807, 2.05) is 36.4 Å². The van der Waals surface area contributed by atoms with Gasteiger partial charge in [0.2, 0.25) is 0 Å². The van der Waals surface area contributed by atoms with Crippen molar-refractivity contribution in [1.29, 1.82) is 0 Å². The molecule has 1 heterocycles. The lowest BCUT2D eigenvalue weighted by atomic mass is 10.1. The van der Waals surface area contributed by atoms with E-state index in [9.17, 15) is 5.21 Å². The van der Waals surface area contributed by atoms with Crippen molar-refractivity contribution >= 4 is 27.5 Å². The molecule has 25 heavy (non-hydrogen) atoms. The standard InChI is InChI=1S/C20H26N4O/c1-3-23(4-2)13-7-12-22-20-16-8-5-6-9-18(16)24(25)19-14-15(21)10-11-17(19)20/h5-6,8-11,14,25H,3-4,7,12-13,21H2,1-2H3. The molecule has 0 saturated heterocycles. The van der Waals surface area contributed by atoms with E-state index in [0.717, 1.165) is 54.2 Å². The van der Waals surface area contributed by atoms with Crippen molar-refractivity contribution in [2.45, 2.75) is 20.3 Å². The normalized spacial score (nSPS) is 12.5. The zero-order valence-electron chi connectivity index (χ0n) is 14.9. The maximum Gasteiger partial charge on any atom is 0.0914 e. The molecule has 5 heteroatoms. The molecule has 3 aromatic rings. The SMILES string of the molecule is CCN(CC)CCCN=c1c2ccccc2n(O)c2cc(N)ccc12. The van der Waals surface area contributed by atoms with Crippen molar-refractivity contribution in [3.63, 3.8) is 0 Å². The van der Waals surface area contributed by atoms with Crippen LogP contribution in [0.1, 0.15) is 20.3 Å². The topological polar surface area (TPSA) is 66.8 Å². The number of benzene rings is 2. The van der Waals surface area contributed by atoms with E-state index in [0.29, 0.717) is 11.2 Å². The first kappa shape index (κ1) is 17.3. The largest absolute Gasteiger partial charge is 0.428 e. The van der Waals surface area contributed by atoms with E-state index in [-0.39, 0.29) is 0 Å². The van der Waals surface area contributed by atoms with Crippen molar-refractivity contribution in [1.82, 2.24) is 9.63 Å². The fraction of sp³-hybridized carbons (Fsp3) is 0.350. The zero-order chi connectivity index (χ0) is 17.8. The van der Waals surface area contributed by atoms with Crippen LogP contribution in [0.2, 0.25) is 0 Å². The van der Waals surface area contributed by atoms with Gasteiger partial charge in [-0.1, -0.05) is 32.0 Å². The minimum Gasteiger partial charge on any atom is -0.428 e. The van der Waals surface area contributed by atoms with E-state index in [4.69, 9.17) is 10.7 Å². The Balaban J connectivity index is 2.08. The maximum atomic E-state index is 10.6. The number of anilines is 1. The molecule has 0 aliphatic heterocycles. The highest BCUT2D eigenvalue weighted by Gasteiger charge is 2.09. The summed E-state index contributed by atoms with van der Waals surface area (Å²) in [6, 6.07) is 13.4. The quantitative estimate of drug-likeness (QED) is 0.314. The van der Waals surface area contributed by atoms with Gasteiger partial charge in [0.1, 0.15) is 0 Å². The van der Waals surface area contributed by atoms with Crippen LogP contribution in [0.25, 0.3) is 21.8 Å². The molecule has 0 aliphatic carbocycles. The van der Waals surface area contributed by atoms with Gasteiger partial charge in [0, 0.05) is 23.0 Å². The summed E-state index contributed by atoms with van der Waals surface area (Å²) in [4.78, 5) is 7.28. The maximum absolute atomic E-state index is 10.6. The second kappa shape index (κ2) is 7.57. The number of rotatable bonds is 6. The molecule has 0 radical (unpaired) electrons. The Kier molecular flexibility index (Phi) is 5.24. The van der Waals surface area contributed by atoms with Gasteiger partial charge in [0.15, 0.2) is 0 Å². The number of nitrogens with two attached hydrogens (primary N) is 1. The predicted molar refractivity (Wildman–Crippen MR) is 104 cm³/mol. The molecule has 0 fully saturated rings. The molecule has 5 nitrogen and oxygen atoms in total. The highest BCUT2D eigenvalue weighted by atomic mass is 16.5. The van der Waals surface area contributed by atoms with Gasteiger partial charge in [-0.2, -0.15) is 4.73 Å². The summed E-state index contributed by atoms with van der Waals surface area (Å²) in [5, 5.41) is 13.4. The number of hydrogen-bond donors (Lipinski definition) is 2. The molecule has 0 amide bonds. The Morgan fingerprint density at radius 3 is 2.52 bits per heavy atom. The summed E-state index contributed by atoms with van der Waals surface area (Å²) in [5.41, 5.74) is 7.96. The lowest BCUT2D eigenvalue weighted by Gasteiger charge is -2.16. The summed E-state index contributed by atoms with van der Waals surface area (Å²) in [5.74, 6) is 0. The number of pyridine rings is 1. The number of para-hydroxylation sites is 1. The van der Waals surface area contributed by atoms with Crippen molar-refractivity contribution in [3.05, 3.63) is 47.8 Å². The number of fused-ring (bicyclic) bond motifs is 2. The van der Waals surface area contributed by atoms with Crippen molar-refractivity contribution in [2.24, 2.45) is 4.99 Å². The van der Waals surface area contributed by atoms with E-state index in [2.05, 4.69) is 18.7 Å². The lowest BCUT2D eigenvalue weighted by molar-refractivity contribution is 0.211. The Morgan fingerprint density at radius 2 is 1.76 bits per heavy atom. The number of hydrogen-bond acceptors (Lipinski definition) is 4. The van der Waals surface area contributed by atoms with Crippen LogP contribution in [0.5, 0.6) is 0 Å². The van der Waals surface area contributed by atoms with E-state index >= 15 is 0 Å². The smallest absolute Gasteiger partial charge is 0.0914 e. The predicted octanol–water partition coefficient (Wildman–Crippen LogP) is 3.25. The van der Waals surface area contributed by atoms with Crippen LogP contribution in [0.4, 0.5) is 5.69 Å². The molecule has 2 aromatic carbocycles. The van der Waals surface area contributed by atoms with Gasteiger partial charge in [-0.3, -0.25) is 4.99 Å². The van der Waals surface area contributed by atoms with Gasteiger partial charge in [-0.15, -0.1) is 0 Å². The molecule has 3 N–H and O–H groups in total. The molecule has 132 valence electrons. The minimum absolute atomic E-state index is 0.623. The van der Waals surface area contributed by atoms with Crippen molar-refractivity contribution in [2.75, 3.05) is 31.9 Å². The van der Waals surface area contributed by atoms with E-state index < -0.39 is 0 Å². The molecular weight excluding hydrogens is 312 g/mol. The summed E-state index contributed by atoms with van der Waals surface area (Å²) in [7, 11) is 0. The third kappa shape index (κ3) is 3.46. The minimum atomic E-state index is 0.623. The summed E-state index contributed by atoms with van der Waals surface area (Å²) >= 11 is 0. The zero-order valence-corrected chi connectivity index (χ0v) is 14.9. The fourth-order valence-electron chi connectivity index (χ4n) is 3.25. The van der Waals surface area contributed by atoms with E-state index in [1.165, 1.54) is 4.73 Å². The molecule has 0 atom stereocenters. The average Bonchev–Trinajstić information content (AvgIpc) is 2.64. The molecular formula is C20H26N4O. The first-order valence-corrected chi connectivity index (χ1v) is 8.90. The summed E-state index contributed by atoms with van der Waals surface area (Å²) in [6.07, 6.45) is 1.01. The Morgan fingerprint density at radius 1 is 1.04 bits per heavy atom. The molecule has 0 aliphatic rings. The highest BCUT2D eigenvalue weighted by molar-refractivity contribution is 5.93. The highest BCUT2D eigenvalue weighted by Crippen LogP contribution is 2.19. The molecule has 0 spiro atoms. The monoisotopic (exact) mass is 338 g/mol. The number of nitrogens with zero attached hydrogens (tertiary/aromatic N) is 3. The van der Waals surface area contributed by atoms with Gasteiger partial charge in [-0.05, 0) is 50.3 Å². The first-order chi connectivity index (χ1) is 12.2. The Hall–Kier alpha value is -2.53. The molecule has 3 rings (SSSR count). The van der Waals surface area contributed by atoms with Crippen molar-refractivity contribution in [3.8, 4) is 0 Å². The van der Waals surface area contributed by atoms with Gasteiger partial charge < -0.3 is 15.8 Å². The van der Waals surface area contributed by atoms with Crippen LogP contribution in [-0.2, 0) is 0 Å². The molecule has 0 bridgehead atoms. The molecule has 1 aromatic heterocycles. The van der Waals surface area contributed by atoms with Crippen LogP contribution in [-0.4, -0.2) is 41.0 Å². The second-order valence-electron chi connectivity index (χ2n) is 6.22. The van der Waals surface area contributed by atoms with Gasteiger partial charge in [0.25, 0.3) is 0 Å². The van der Waals surface area contributed by atoms with Gasteiger partial charge in [-0.25, -0.2) is 0 Å². The van der Waals surface area contributed by atoms with Crippen LogP contribution in [0, 0.1) is 0 Å². The lowest BCUT2D eigenvalue weighted by Crippen LogP contribution is -2.24.